The molecule has 2 fully saturated rings. The molecule has 198 valence electrons. The Kier molecular flexibility index (Phi) is 18.2. The molecule has 0 amide bonds. The molecule has 2 nitrogen and oxygen atoms in total. The molecule has 1 aromatic heterocycles. The molecule has 1 saturated heterocycles. The average molecular weight is 482 g/mol. The Hall–Kier alpha value is -1.93. The normalized spacial score (nSPS) is 14.4. The molecule has 2 heterocycles. The summed E-state index contributed by atoms with van der Waals surface area (Å²) >= 11 is 0. The predicted molar refractivity (Wildman–Crippen MR) is 161 cm³/mol. The molecule has 0 atom stereocenters. The van der Waals surface area contributed by atoms with Crippen molar-refractivity contribution in [1.29, 1.82) is 0 Å². The first-order chi connectivity index (χ1) is 17.0. The van der Waals surface area contributed by atoms with Crippen LogP contribution in [0.1, 0.15) is 98.1 Å². The third-order valence-electron chi connectivity index (χ3n) is 6.13. The fraction of sp³-hybridized carbons (Fsp3) is 0.606. The van der Waals surface area contributed by atoms with Crippen LogP contribution in [-0.2, 0) is 7.05 Å². The zero-order chi connectivity index (χ0) is 26.8. The maximum absolute atomic E-state index is 2.42. The van der Waals surface area contributed by atoms with Gasteiger partial charge in [-0.3, -0.25) is 0 Å². The lowest BCUT2D eigenvalue weighted by molar-refractivity contribution is -0.643. The number of aryl methyl sites for hydroxylation is 3. The zero-order valence-corrected chi connectivity index (χ0v) is 25.2. The molecule has 0 unspecified atom stereocenters. The number of likely N-dealkylation sites (tertiary alicyclic amines) is 1. The number of rotatable bonds is 1. The van der Waals surface area contributed by atoms with Crippen LogP contribution in [0.3, 0.4) is 0 Å². The van der Waals surface area contributed by atoms with Crippen molar-refractivity contribution in [3.8, 4) is 0 Å². The van der Waals surface area contributed by atoms with E-state index in [1.807, 2.05) is 41.5 Å². The Labute approximate surface area is 218 Å². The quantitative estimate of drug-likeness (QED) is 0.248. The lowest BCUT2D eigenvalue weighted by Gasteiger charge is -2.27. The second-order valence-electron chi connectivity index (χ2n) is 9.07. The Balaban J connectivity index is 0.000000539. The Morgan fingerprint density at radius 1 is 0.771 bits per heavy atom. The van der Waals surface area contributed by atoms with E-state index in [1.165, 1.54) is 84.4 Å². The number of benzene rings is 2. The Bertz CT molecular complexity index is 932. The summed E-state index contributed by atoms with van der Waals surface area (Å²) < 4.78 is 2.20. The number of piperidine rings is 1. The molecular formula is C33H57N2+. The number of pyridine rings is 1. The molecule has 1 aliphatic heterocycles. The van der Waals surface area contributed by atoms with Gasteiger partial charge in [0, 0.05) is 16.8 Å². The highest BCUT2D eigenvalue weighted by molar-refractivity contribution is 6.04. The van der Waals surface area contributed by atoms with Crippen LogP contribution in [0.4, 0.5) is 0 Å². The van der Waals surface area contributed by atoms with Gasteiger partial charge in [-0.15, -0.1) is 0 Å². The molecule has 0 N–H and O–H groups in total. The van der Waals surface area contributed by atoms with Gasteiger partial charge >= 0.3 is 0 Å². The van der Waals surface area contributed by atoms with Crippen LogP contribution >= 0.6 is 0 Å². The van der Waals surface area contributed by atoms with Crippen molar-refractivity contribution in [2.24, 2.45) is 13.0 Å². The summed E-state index contributed by atoms with van der Waals surface area (Å²) in [6, 6.07) is 13.3. The summed E-state index contributed by atoms with van der Waals surface area (Å²) in [6.45, 7) is 21.2. The SMILES string of the molecule is C1CC1.CC.CC.CC.CCC1CCN(C)CC1.Cc1ccc2c(c1)c[n+](C)c1ccc(C)cc21. The minimum atomic E-state index is 1.03. The highest BCUT2D eigenvalue weighted by Crippen LogP contribution is 2.24. The smallest absolute Gasteiger partial charge is 0.212 e. The first-order valence-corrected chi connectivity index (χ1v) is 14.5. The van der Waals surface area contributed by atoms with Gasteiger partial charge < -0.3 is 4.90 Å². The van der Waals surface area contributed by atoms with E-state index in [2.05, 4.69) is 86.9 Å². The third kappa shape index (κ3) is 12.0. The first kappa shape index (κ1) is 33.1. The fourth-order valence-corrected chi connectivity index (χ4v) is 3.96. The maximum Gasteiger partial charge on any atom is 0.212 e. The first-order valence-electron chi connectivity index (χ1n) is 14.5. The molecule has 0 bridgehead atoms. The molecule has 3 aromatic rings. The van der Waals surface area contributed by atoms with Crippen molar-refractivity contribution in [2.45, 2.75) is 101 Å². The maximum atomic E-state index is 2.42. The van der Waals surface area contributed by atoms with E-state index in [4.69, 9.17) is 0 Å². The second kappa shape index (κ2) is 19.3. The molecule has 2 aromatic carbocycles. The summed E-state index contributed by atoms with van der Waals surface area (Å²) in [5, 5.41) is 3.99. The Morgan fingerprint density at radius 3 is 1.80 bits per heavy atom. The summed E-state index contributed by atoms with van der Waals surface area (Å²) in [7, 11) is 4.32. The molecule has 2 heteroatoms. The molecule has 0 spiro atoms. The van der Waals surface area contributed by atoms with Crippen LogP contribution in [0.5, 0.6) is 0 Å². The van der Waals surface area contributed by atoms with Gasteiger partial charge in [-0.2, -0.15) is 0 Å². The van der Waals surface area contributed by atoms with Crippen molar-refractivity contribution < 1.29 is 4.57 Å². The number of nitrogens with zero attached hydrogens (tertiary/aromatic N) is 2. The number of hydrogen-bond acceptors (Lipinski definition) is 1. The van der Waals surface area contributed by atoms with Gasteiger partial charge in [0.2, 0.25) is 5.52 Å². The van der Waals surface area contributed by atoms with Gasteiger partial charge in [0.05, 0.1) is 5.39 Å². The summed E-state index contributed by atoms with van der Waals surface area (Å²) in [4.78, 5) is 2.42. The molecule has 5 rings (SSSR count). The second-order valence-corrected chi connectivity index (χ2v) is 9.07. The van der Waals surface area contributed by atoms with E-state index in [0.717, 1.165) is 5.92 Å². The van der Waals surface area contributed by atoms with Crippen molar-refractivity contribution in [3.05, 3.63) is 53.7 Å². The highest BCUT2D eigenvalue weighted by Gasteiger charge is 2.13. The molecule has 0 radical (unpaired) electrons. The topological polar surface area (TPSA) is 7.12 Å². The van der Waals surface area contributed by atoms with Gasteiger partial charge in [-0.25, -0.2) is 4.57 Å². The standard InChI is InChI=1S/C16H16N.C8H17N.C3H6.3C2H6/c1-11-4-6-14-13(8-11)10-17(3)16-7-5-12(2)9-15(14)16;1-3-8-4-6-9(2)7-5-8;1-2-3-1;3*1-2/h4-10H,1-3H3;8H,3-7H2,1-2H3;1-3H2;3*1-2H3/q+1;;;;;. The lowest BCUT2D eigenvalue weighted by Crippen LogP contribution is -2.29. The van der Waals surface area contributed by atoms with Gasteiger partial charge in [-0.1, -0.05) is 103 Å². The highest BCUT2D eigenvalue weighted by atomic mass is 15.1. The van der Waals surface area contributed by atoms with Crippen LogP contribution < -0.4 is 4.57 Å². The van der Waals surface area contributed by atoms with Crippen molar-refractivity contribution in [2.75, 3.05) is 20.1 Å². The van der Waals surface area contributed by atoms with Gasteiger partial charge in [0.15, 0.2) is 6.20 Å². The van der Waals surface area contributed by atoms with E-state index in [0.29, 0.717) is 0 Å². The van der Waals surface area contributed by atoms with Crippen LogP contribution in [0.25, 0.3) is 21.7 Å². The van der Waals surface area contributed by atoms with E-state index >= 15 is 0 Å². The van der Waals surface area contributed by atoms with Crippen molar-refractivity contribution in [1.82, 2.24) is 4.90 Å². The van der Waals surface area contributed by atoms with Crippen LogP contribution in [0.15, 0.2) is 42.6 Å². The predicted octanol–water partition coefficient (Wildman–Crippen LogP) is 9.42. The van der Waals surface area contributed by atoms with E-state index < -0.39 is 0 Å². The van der Waals surface area contributed by atoms with Gasteiger partial charge in [0.1, 0.15) is 7.05 Å². The van der Waals surface area contributed by atoms with Crippen LogP contribution in [-0.4, -0.2) is 25.0 Å². The number of fused-ring (bicyclic) bond motifs is 3. The summed E-state index contributed by atoms with van der Waals surface area (Å²) in [6.07, 6.45) is 10.9. The molecule has 1 saturated carbocycles. The van der Waals surface area contributed by atoms with E-state index in [-0.39, 0.29) is 0 Å². The monoisotopic (exact) mass is 481 g/mol. The van der Waals surface area contributed by atoms with Crippen LogP contribution in [0.2, 0.25) is 0 Å². The van der Waals surface area contributed by atoms with Gasteiger partial charge in [0.25, 0.3) is 0 Å². The lowest BCUT2D eigenvalue weighted by atomic mass is 9.95. The van der Waals surface area contributed by atoms with Crippen LogP contribution in [0, 0.1) is 19.8 Å². The number of hydrogen-bond donors (Lipinski definition) is 0. The zero-order valence-electron chi connectivity index (χ0n) is 25.2. The van der Waals surface area contributed by atoms with Crippen molar-refractivity contribution in [3.63, 3.8) is 0 Å². The minimum Gasteiger partial charge on any atom is -0.306 e. The Morgan fingerprint density at radius 2 is 1.29 bits per heavy atom. The average Bonchev–Trinajstić information content (AvgIpc) is 3.78. The third-order valence-corrected chi connectivity index (χ3v) is 6.13. The van der Waals surface area contributed by atoms with E-state index in [1.54, 1.807) is 0 Å². The largest absolute Gasteiger partial charge is 0.306 e. The molecule has 35 heavy (non-hydrogen) atoms. The van der Waals surface area contributed by atoms with Gasteiger partial charge in [-0.05, 0) is 64.9 Å². The molecule has 1 aliphatic carbocycles. The number of aromatic nitrogens is 1. The molecule has 2 aliphatic rings. The minimum absolute atomic E-state index is 1.03. The van der Waals surface area contributed by atoms with E-state index in [9.17, 15) is 0 Å². The van der Waals surface area contributed by atoms with Crippen molar-refractivity contribution >= 4 is 21.7 Å². The molecular weight excluding hydrogens is 424 g/mol. The fourth-order valence-electron chi connectivity index (χ4n) is 3.96. The summed E-state index contributed by atoms with van der Waals surface area (Å²) in [5.41, 5.74) is 3.90. The summed E-state index contributed by atoms with van der Waals surface area (Å²) in [5.74, 6) is 1.03.